The summed E-state index contributed by atoms with van der Waals surface area (Å²) < 4.78 is 5.61. The molecule has 2 aromatic heterocycles. The molecule has 2 heterocycles. The highest BCUT2D eigenvalue weighted by atomic mass is 32.1. The Kier molecular flexibility index (Phi) is 4.00. The first-order chi connectivity index (χ1) is 9.84. The molecule has 102 valence electrons. The number of benzene rings is 1. The molecule has 2 nitrogen and oxygen atoms in total. The van der Waals surface area contributed by atoms with Gasteiger partial charge in [0.1, 0.15) is 5.76 Å². The molecule has 0 spiro atoms. The van der Waals surface area contributed by atoms with Gasteiger partial charge in [-0.1, -0.05) is 36.4 Å². The zero-order chi connectivity index (χ0) is 13.8. The predicted octanol–water partition coefficient (Wildman–Crippen LogP) is 4.78. The molecule has 0 saturated carbocycles. The van der Waals surface area contributed by atoms with E-state index < -0.39 is 0 Å². The summed E-state index contributed by atoms with van der Waals surface area (Å²) in [5, 5.41) is 5.76. The molecule has 0 fully saturated rings. The van der Waals surface area contributed by atoms with Crippen LogP contribution in [0, 0.1) is 0 Å². The minimum absolute atomic E-state index is 0.0725. The van der Waals surface area contributed by atoms with Crippen molar-refractivity contribution in [2.45, 2.75) is 19.0 Å². The second-order valence-corrected chi connectivity index (χ2v) is 5.74. The molecule has 2 atom stereocenters. The van der Waals surface area contributed by atoms with Crippen LogP contribution in [-0.4, -0.2) is 0 Å². The van der Waals surface area contributed by atoms with Crippen molar-refractivity contribution in [3.63, 3.8) is 0 Å². The van der Waals surface area contributed by atoms with Crippen molar-refractivity contribution < 1.29 is 4.42 Å². The van der Waals surface area contributed by atoms with Crippen molar-refractivity contribution in [3.05, 3.63) is 82.4 Å². The highest BCUT2D eigenvalue weighted by molar-refractivity contribution is 7.10. The molecular formula is C17H17NOS. The molecular weight excluding hydrogens is 266 g/mol. The van der Waals surface area contributed by atoms with Crippen molar-refractivity contribution in [1.82, 2.24) is 5.32 Å². The lowest BCUT2D eigenvalue weighted by Gasteiger charge is -2.21. The van der Waals surface area contributed by atoms with E-state index in [2.05, 4.69) is 54.0 Å². The predicted molar refractivity (Wildman–Crippen MR) is 82.9 cm³/mol. The van der Waals surface area contributed by atoms with Crippen LogP contribution in [0.4, 0.5) is 0 Å². The van der Waals surface area contributed by atoms with Gasteiger partial charge in [0, 0.05) is 10.9 Å². The molecule has 3 rings (SSSR count). The van der Waals surface area contributed by atoms with Gasteiger partial charge in [-0.2, -0.15) is 0 Å². The van der Waals surface area contributed by atoms with E-state index in [-0.39, 0.29) is 12.1 Å². The van der Waals surface area contributed by atoms with Crippen molar-refractivity contribution in [1.29, 1.82) is 0 Å². The minimum Gasteiger partial charge on any atom is -0.467 e. The van der Waals surface area contributed by atoms with Gasteiger partial charge in [0.2, 0.25) is 0 Å². The van der Waals surface area contributed by atoms with Crippen LogP contribution in [0.3, 0.4) is 0 Å². The number of hydrogen-bond donors (Lipinski definition) is 1. The molecule has 3 aromatic rings. The molecule has 0 radical (unpaired) electrons. The summed E-state index contributed by atoms with van der Waals surface area (Å²) in [7, 11) is 0. The molecule has 1 aromatic carbocycles. The highest BCUT2D eigenvalue weighted by Gasteiger charge is 2.19. The zero-order valence-corrected chi connectivity index (χ0v) is 12.1. The summed E-state index contributed by atoms with van der Waals surface area (Å²) in [6, 6.07) is 19.0. The molecule has 0 bridgehead atoms. The van der Waals surface area contributed by atoms with Crippen LogP contribution in [-0.2, 0) is 0 Å². The van der Waals surface area contributed by atoms with Crippen LogP contribution in [0.15, 0.2) is 70.7 Å². The van der Waals surface area contributed by atoms with E-state index in [1.54, 1.807) is 17.6 Å². The second kappa shape index (κ2) is 6.07. The Bertz CT molecular complexity index is 616. The number of rotatable bonds is 5. The average molecular weight is 283 g/mol. The summed E-state index contributed by atoms with van der Waals surface area (Å²) in [6.07, 6.45) is 1.72. The van der Waals surface area contributed by atoms with Gasteiger partial charge in [-0.25, -0.2) is 0 Å². The molecule has 0 aliphatic carbocycles. The second-order valence-electron chi connectivity index (χ2n) is 4.76. The van der Waals surface area contributed by atoms with Crippen molar-refractivity contribution in [2.24, 2.45) is 0 Å². The van der Waals surface area contributed by atoms with Gasteiger partial charge < -0.3 is 4.42 Å². The molecule has 0 aliphatic rings. The third-order valence-corrected chi connectivity index (χ3v) is 4.40. The summed E-state index contributed by atoms with van der Waals surface area (Å²) in [6.45, 7) is 2.19. The van der Waals surface area contributed by atoms with Crippen LogP contribution < -0.4 is 5.32 Å². The summed E-state index contributed by atoms with van der Waals surface area (Å²) >= 11 is 1.77. The number of furan rings is 1. The molecule has 2 unspecified atom stereocenters. The maximum Gasteiger partial charge on any atom is 0.125 e. The van der Waals surface area contributed by atoms with Crippen LogP contribution >= 0.6 is 11.3 Å². The Labute approximate surface area is 123 Å². The fraction of sp³-hybridized carbons (Fsp3) is 0.176. The summed E-state index contributed by atoms with van der Waals surface area (Å²) in [5.41, 5.74) is 1.21. The lowest BCUT2D eigenvalue weighted by Crippen LogP contribution is -2.24. The van der Waals surface area contributed by atoms with E-state index in [9.17, 15) is 0 Å². The highest BCUT2D eigenvalue weighted by Crippen LogP contribution is 2.27. The Hall–Kier alpha value is -1.84. The van der Waals surface area contributed by atoms with Gasteiger partial charge in [-0.3, -0.25) is 5.32 Å². The fourth-order valence-electron chi connectivity index (χ4n) is 2.31. The Morgan fingerprint density at radius 2 is 1.85 bits per heavy atom. The van der Waals surface area contributed by atoms with E-state index in [1.165, 1.54) is 10.4 Å². The Morgan fingerprint density at radius 3 is 2.50 bits per heavy atom. The van der Waals surface area contributed by atoms with Gasteiger partial charge in [0.15, 0.2) is 0 Å². The van der Waals surface area contributed by atoms with Crippen LogP contribution in [0.25, 0.3) is 0 Å². The van der Waals surface area contributed by atoms with E-state index in [0.29, 0.717) is 0 Å². The van der Waals surface area contributed by atoms with Gasteiger partial charge in [-0.15, -0.1) is 11.3 Å². The molecule has 0 amide bonds. The van der Waals surface area contributed by atoms with Crippen molar-refractivity contribution >= 4 is 11.3 Å². The van der Waals surface area contributed by atoms with Gasteiger partial charge >= 0.3 is 0 Å². The standard InChI is InChI=1S/C17H17NOS/c1-13(16-10-6-12-20-16)18-17(15-9-5-11-19-15)14-7-3-2-4-8-14/h2-13,17-18H,1H3. The van der Waals surface area contributed by atoms with Crippen molar-refractivity contribution in [3.8, 4) is 0 Å². The number of thiophene rings is 1. The number of nitrogens with one attached hydrogen (secondary N) is 1. The van der Waals surface area contributed by atoms with Gasteiger partial charge in [-0.05, 0) is 36.1 Å². The Balaban J connectivity index is 1.87. The first-order valence-corrected chi connectivity index (χ1v) is 7.60. The average Bonchev–Trinajstić information content (AvgIpc) is 3.18. The normalized spacial score (nSPS) is 14.1. The third-order valence-electron chi connectivity index (χ3n) is 3.35. The maximum atomic E-state index is 5.61. The topological polar surface area (TPSA) is 25.2 Å². The fourth-order valence-corrected chi connectivity index (χ4v) is 3.06. The van der Waals surface area contributed by atoms with Crippen molar-refractivity contribution in [2.75, 3.05) is 0 Å². The maximum absolute atomic E-state index is 5.61. The monoisotopic (exact) mass is 283 g/mol. The summed E-state index contributed by atoms with van der Waals surface area (Å²) in [4.78, 5) is 1.33. The van der Waals surface area contributed by atoms with E-state index in [0.717, 1.165) is 5.76 Å². The van der Waals surface area contributed by atoms with E-state index in [1.807, 2.05) is 18.2 Å². The zero-order valence-electron chi connectivity index (χ0n) is 11.3. The molecule has 3 heteroatoms. The molecule has 0 aliphatic heterocycles. The van der Waals surface area contributed by atoms with Crippen LogP contribution in [0.5, 0.6) is 0 Å². The first-order valence-electron chi connectivity index (χ1n) is 6.72. The first kappa shape index (κ1) is 13.2. The lowest BCUT2D eigenvalue weighted by molar-refractivity contribution is 0.421. The van der Waals surface area contributed by atoms with Gasteiger partial charge in [0.05, 0.1) is 12.3 Å². The molecule has 0 saturated heterocycles. The number of hydrogen-bond acceptors (Lipinski definition) is 3. The van der Waals surface area contributed by atoms with E-state index in [4.69, 9.17) is 4.42 Å². The Morgan fingerprint density at radius 1 is 1.00 bits per heavy atom. The summed E-state index contributed by atoms with van der Waals surface area (Å²) in [5.74, 6) is 0.944. The van der Waals surface area contributed by atoms with Crippen LogP contribution in [0.1, 0.15) is 35.2 Å². The minimum atomic E-state index is 0.0725. The SMILES string of the molecule is CC(NC(c1ccccc1)c1ccco1)c1cccs1. The molecule has 20 heavy (non-hydrogen) atoms. The van der Waals surface area contributed by atoms with Crippen LogP contribution in [0.2, 0.25) is 0 Å². The lowest BCUT2D eigenvalue weighted by atomic mass is 10.0. The quantitative estimate of drug-likeness (QED) is 0.729. The largest absolute Gasteiger partial charge is 0.467 e. The molecule has 1 N–H and O–H groups in total. The smallest absolute Gasteiger partial charge is 0.125 e. The van der Waals surface area contributed by atoms with E-state index >= 15 is 0 Å². The van der Waals surface area contributed by atoms with Gasteiger partial charge in [0.25, 0.3) is 0 Å². The third kappa shape index (κ3) is 2.84.